The van der Waals surface area contributed by atoms with Gasteiger partial charge in [0.05, 0.1) is 13.2 Å². The van der Waals surface area contributed by atoms with Crippen LogP contribution < -0.4 is 4.90 Å². The van der Waals surface area contributed by atoms with Crippen LogP contribution in [0.15, 0.2) is 24.3 Å². The van der Waals surface area contributed by atoms with Crippen LogP contribution in [0.25, 0.3) is 0 Å². The van der Waals surface area contributed by atoms with Crippen molar-refractivity contribution in [3.63, 3.8) is 0 Å². The molecule has 0 aromatic heterocycles. The van der Waals surface area contributed by atoms with Gasteiger partial charge < -0.3 is 19.3 Å². The molecule has 3 heterocycles. The second-order valence-electron chi connectivity index (χ2n) is 6.24. The number of carbonyl (C=O) groups is 2. The third-order valence-corrected chi connectivity index (χ3v) is 4.94. The number of hydrogen-bond acceptors (Lipinski definition) is 4. The van der Waals surface area contributed by atoms with Gasteiger partial charge in [-0.3, -0.25) is 9.59 Å². The van der Waals surface area contributed by atoms with Gasteiger partial charge in [-0.25, -0.2) is 0 Å². The van der Waals surface area contributed by atoms with Gasteiger partial charge in [-0.1, -0.05) is 18.2 Å². The highest BCUT2D eigenvalue weighted by Crippen LogP contribution is 2.32. The Hall–Kier alpha value is -1.92. The molecule has 0 unspecified atom stereocenters. The molecule has 6 heteroatoms. The quantitative estimate of drug-likeness (QED) is 0.669. The highest BCUT2D eigenvalue weighted by atomic mass is 16.7. The van der Waals surface area contributed by atoms with Crippen LogP contribution in [0.5, 0.6) is 0 Å². The zero-order valence-electron chi connectivity index (χ0n) is 13.0. The molecule has 0 radical (unpaired) electrons. The Morgan fingerprint density at radius 3 is 2.39 bits per heavy atom. The van der Waals surface area contributed by atoms with Crippen LogP contribution in [-0.2, 0) is 25.5 Å². The minimum absolute atomic E-state index is 0.422. The minimum atomic E-state index is -0.528. The third kappa shape index (κ3) is 2.52. The molecule has 2 fully saturated rings. The van der Waals surface area contributed by atoms with Crippen LogP contribution in [0.3, 0.4) is 0 Å². The maximum absolute atomic E-state index is 12.6. The molecule has 0 bridgehead atoms. The van der Waals surface area contributed by atoms with E-state index in [0.29, 0.717) is 45.7 Å². The van der Waals surface area contributed by atoms with Crippen LogP contribution in [0.1, 0.15) is 18.4 Å². The molecule has 0 atom stereocenters. The van der Waals surface area contributed by atoms with E-state index >= 15 is 0 Å². The number of amides is 2. The molecule has 4 rings (SSSR count). The van der Waals surface area contributed by atoms with Crippen molar-refractivity contribution in [3.05, 3.63) is 29.8 Å². The number of carbonyl (C=O) groups excluding carboxylic acids is 2. The molecule has 0 aliphatic carbocycles. The molecule has 2 amide bonds. The lowest BCUT2D eigenvalue weighted by molar-refractivity contribution is -0.187. The van der Waals surface area contributed by atoms with Gasteiger partial charge in [0, 0.05) is 38.2 Å². The first-order valence-corrected chi connectivity index (χ1v) is 8.15. The van der Waals surface area contributed by atoms with Gasteiger partial charge in [-0.2, -0.15) is 0 Å². The number of fused-ring (bicyclic) bond motifs is 1. The summed E-state index contributed by atoms with van der Waals surface area (Å²) in [6.07, 6.45) is 2.06. The third-order valence-electron chi connectivity index (χ3n) is 4.94. The lowest BCUT2D eigenvalue weighted by Crippen LogP contribution is -2.51. The summed E-state index contributed by atoms with van der Waals surface area (Å²) in [6.45, 7) is 2.79. The van der Waals surface area contributed by atoms with E-state index < -0.39 is 17.6 Å². The predicted octanol–water partition coefficient (Wildman–Crippen LogP) is 0.941. The molecule has 0 saturated carbocycles. The van der Waals surface area contributed by atoms with E-state index in [-0.39, 0.29) is 0 Å². The first kappa shape index (κ1) is 14.7. The molecular weight excluding hydrogens is 296 g/mol. The summed E-state index contributed by atoms with van der Waals surface area (Å²) in [6, 6.07) is 7.76. The van der Waals surface area contributed by atoms with Crippen LogP contribution >= 0.6 is 0 Å². The molecule has 1 aromatic rings. The van der Waals surface area contributed by atoms with Crippen LogP contribution in [-0.4, -0.2) is 55.3 Å². The second kappa shape index (κ2) is 5.62. The molecule has 3 aliphatic heterocycles. The zero-order chi connectivity index (χ0) is 15.9. The molecule has 122 valence electrons. The molecule has 0 N–H and O–H groups in total. The SMILES string of the molecule is O=C(C(=O)N1CCc2ccccc21)N1CCC2(CC1)OCCO2. The Morgan fingerprint density at radius 1 is 0.957 bits per heavy atom. The Morgan fingerprint density at radius 2 is 1.65 bits per heavy atom. The summed E-state index contributed by atoms with van der Waals surface area (Å²) < 4.78 is 11.3. The smallest absolute Gasteiger partial charge is 0.316 e. The van der Waals surface area contributed by atoms with Gasteiger partial charge >= 0.3 is 11.8 Å². The summed E-state index contributed by atoms with van der Waals surface area (Å²) in [5, 5.41) is 0. The van der Waals surface area contributed by atoms with Gasteiger partial charge in [-0.05, 0) is 18.1 Å². The van der Waals surface area contributed by atoms with E-state index in [1.54, 1.807) is 9.80 Å². The van der Waals surface area contributed by atoms with Crippen molar-refractivity contribution >= 4 is 17.5 Å². The van der Waals surface area contributed by atoms with Crippen LogP contribution in [0, 0.1) is 0 Å². The average Bonchev–Trinajstić information content (AvgIpc) is 3.21. The van der Waals surface area contributed by atoms with Crippen molar-refractivity contribution in [1.29, 1.82) is 0 Å². The van der Waals surface area contributed by atoms with Gasteiger partial charge in [0.1, 0.15) is 0 Å². The van der Waals surface area contributed by atoms with E-state index in [1.165, 1.54) is 0 Å². The van der Waals surface area contributed by atoms with Crippen LogP contribution in [0.4, 0.5) is 5.69 Å². The first-order valence-electron chi connectivity index (χ1n) is 8.15. The van der Waals surface area contributed by atoms with Crippen molar-refractivity contribution in [3.8, 4) is 0 Å². The molecule has 6 nitrogen and oxygen atoms in total. The lowest BCUT2D eigenvalue weighted by atomic mass is 10.0. The maximum atomic E-state index is 12.6. The van der Waals surface area contributed by atoms with Gasteiger partial charge in [-0.15, -0.1) is 0 Å². The second-order valence-corrected chi connectivity index (χ2v) is 6.24. The summed E-state index contributed by atoms with van der Waals surface area (Å²) in [5.41, 5.74) is 1.99. The number of para-hydroxylation sites is 1. The summed E-state index contributed by atoms with van der Waals surface area (Å²) >= 11 is 0. The fourth-order valence-electron chi connectivity index (χ4n) is 3.64. The monoisotopic (exact) mass is 316 g/mol. The molecule has 23 heavy (non-hydrogen) atoms. The molecular formula is C17H20N2O4. The normalized spacial score (nSPS) is 22.4. The Kier molecular flexibility index (Phi) is 3.58. The Bertz CT molecular complexity index is 629. The topological polar surface area (TPSA) is 59.1 Å². The number of hydrogen-bond donors (Lipinski definition) is 0. The fourth-order valence-corrected chi connectivity index (χ4v) is 3.64. The summed E-state index contributed by atoms with van der Waals surface area (Å²) in [7, 11) is 0. The van der Waals surface area contributed by atoms with Crippen molar-refractivity contribution in [1.82, 2.24) is 4.90 Å². The number of ether oxygens (including phenoxy) is 2. The first-order chi connectivity index (χ1) is 11.2. The Balaban J connectivity index is 1.43. The highest BCUT2D eigenvalue weighted by molar-refractivity contribution is 6.40. The number of rotatable bonds is 0. The van der Waals surface area contributed by atoms with Crippen molar-refractivity contribution in [2.45, 2.75) is 25.0 Å². The standard InChI is InChI=1S/C17H20N2O4/c20-15(18-9-6-17(7-10-18)22-11-12-23-17)16(21)19-8-5-13-3-1-2-4-14(13)19/h1-4H,5-12H2. The highest BCUT2D eigenvalue weighted by Gasteiger charge is 2.42. The molecule has 1 aromatic carbocycles. The molecule has 2 saturated heterocycles. The van der Waals surface area contributed by atoms with E-state index in [4.69, 9.17) is 9.47 Å². The van der Waals surface area contributed by atoms with Gasteiger partial charge in [0.25, 0.3) is 0 Å². The number of likely N-dealkylation sites (tertiary alicyclic amines) is 1. The van der Waals surface area contributed by atoms with Gasteiger partial charge in [0.15, 0.2) is 5.79 Å². The Labute approximate surface area is 134 Å². The fraction of sp³-hybridized carbons (Fsp3) is 0.529. The van der Waals surface area contributed by atoms with Crippen molar-refractivity contribution in [2.75, 3.05) is 37.7 Å². The maximum Gasteiger partial charge on any atom is 0.316 e. The lowest BCUT2D eigenvalue weighted by Gasteiger charge is -2.37. The summed E-state index contributed by atoms with van der Waals surface area (Å²) in [4.78, 5) is 28.4. The molecule has 3 aliphatic rings. The van der Waals surface area contributed by atoms with E-state index in [9.17, 15) is 9.59 Å². The van der Waals surface area contributed by atoms with E-state index in [0.717, 1.165) is 17.7 Å². The van der Waals surface area contributed by atoms with Crippen molar-refractivity contribution in [2.24, 2.45) is 0 Å². The largest absolute Gasteiger partial charge is 0.347 e. The predicted molar refractivity (Wildman–Crippen MR) is 82.9 cm³/mol. The van der Waals surface area contributed by atoms with Crippen LogP contribution in [0.2, 0.25) is 0 Å². The van der Waals surface area contributed by atoms with Gasteiger partial charge in [0.2, 0.25) is 0 Å². The number of benzene rings is 1. The zero-order valence-corrected chi connectivity index (χ0v) is 13.0. The number of anilines is 1. The van der Waals surface area contributed by atoms with E-state index in [2.05, 4.69) is 0 Å². The van der Waals surface area contributed by atoms with Crippen molar-refractivity contribution < 1.29 is 19.1 Å². The van der Waals surface area contributed by atoms with E-state index in [1.807, 2.05) is 24.3 Å². The molecule has 1 spiro atoms. The minimum Gasteiger partial charge on any atom is -0.347 e. The average molecular weight is 316 g/mol. The summed E-state index contributed by atoms with van der Waals surface area (Å²) in [5.74, 6) is -1.38. The number of nitrogens with zero attached hydrogens (tertiary/aromatic N) is 2. The number of piperidine rings is 1.